The summed E-state index contributed by atoms with van der Waals surface area (Å²) in [6, 6.07) is 16.4. The number of ether oxygens (including phenoxy) is 2. The van der Waals surface area contributed by atoms with E-state index in [0.717, 1.165) is 5.56 Å². The molecule has 1 heterocycles. The monoisotopic (exact) mass is 369 g/mol. The van der Waals surface area contributed by atoms with Gasteiger partial charge in [0.25, 0.3) is 0 Å². The molecule has 0 N–H and O–H groups in total. The zero-order valence-corrected chi connectivity index (χ0v) is 15.0. The second-order valence-electron chi connectivity index (χ2n) is 5.36. The molecule has 0 radical (unpaired) electrons. The van der Waals surface area contributed by atoms with Crippen LogP contribution in [0.1, 0.15) is 5.56 Å². The average molecular weight is 370 g/mol. The van der Waals surface area contributed by atoms with Gasteiger partial charge in [-0.15, -0.1) is 0 Å². The zero-order valence-electron chi connectivity index (χ0n) is 14.2. The van der Waals surface area contributed by atoms with Gasteiger partial charge >= 0.3 is 5.97 Å². The van der Waals surface area contributed by atoms with Gasteiger partial charge in [-0.05, 0) is 12.1 Å². The summed E-state index contributed by atoms with van der Waals surface area (Å²) >= 11 is 6.22. The van der Waals surface area contributed by atoms with E-state index < -0.39 is 5.97 Å². The Labute approximate surface area is 155 Å². The van der Waals surface area contributed by atoms with Gasteiger partial charge in [0.15, 0.2) is 5.76 Å². The van der Waals surface area contributed by atoms with Crippen molar-refractivity contribution in [1.29, 1.82) is 0 Å². The lowest BCUT2D eigenvalue weighted by Crippen LogP contribution is -2.05. The molecule has 0 aliphatic rings. The van der Waals surface area contributed by atoms with Crippen LogP contribution in [-0.2, 0) is 14.3 Å². The molecule has 0 saturated heterocycles. The molecule has 132 valence electrons. The van der Waals surface area contributed by atoms with E-state index in [1.54, 1.807) is 18.2 Å². The van der Waals surface area contributed by atoms with Gasteiger partial charge in [-0.3, -0.25) is 0 Å². The predicted molar refractivity (Wildman–Crippen MR) is 99.4 cm³/mol. The number of methoxy groups -OCH3 is 2. The topological polar surface area (TPSA) is 61.6 Å². The molecule has 0 fully saturated rings. The summed E-state index contributed by atoms with van der Waals surface area (Å²) in [6.07, 6.45) is 1.35. The average Bonchev–Trinajstić information content (AvgIpc) is 3.15. The number of hydrogen-bond acceptors (Lipinski definition) is 5. The Morgan fingerprint density at radius 2 is 1.77 bits per heavy atom. The Balaban J connectivity index is 2.08. The molecule has 2 aromatic carbocycles. The van der Waals surface area contributed by atoms with Gasteiger partial charge in [0.1, 0.15) is 11.3 Å². The van der Waals surface area contributed by atoms with Crippen LogP contribution in [-0.4, -0.2) is 25.3 Å². The highest BCUT2D eigenvalue weighted by atomic mass is 35.5. The zero-order chi connectivity index (χ0) is 18.5. The van der Waals surface area contributed by atoms with Crippen molar-refractivity contribution in [3.63, 3.8) is 0 Å². The van der Waals surface area contributed by atoms with Gasteiger partial charge in [-0.25, -0.2) is 4.79 Å². The second kappa shape index (κ2) is 7.89. The Bertz CT molecular complexity index is 962. The van der Waals surface area contributed by atoms with Crippen LogP contribution in [0.15, 0.2) is 65.4 Å². The molecule has 5 nitrogen and oxygen atoms in total. The summed E-state index contributed by atoms with van der Waals surface area (Å²) in [6.45, 7) is 0. The number of nitrogens with zero attached hydrogens (tertiary/aromatic N) is 1. The van der Waals surface area contributed by atoms with Gasteiger partial charge in [0, 0.05) is 22.8 Å². The molecule has 0 saturated carbocycles. The molecule has 0 unspecified atom stereocenters. The van der Waals surface area contributed by atoms with E-state index >= 15 is 0 Å². The number of carbonyl (C=O) groups is 1. The molecule has 3 rings (SSSR count). The van der Waals surface area contributed by atoms with Gasteiger partial charge in [0.05, 0.1) is 25.5 Å². The standard InChI is InChI=1S/C20H16ClNO4/c1-24-12-16(20(23)25-2)13-7-3-4-8-14(13)18-11-19(26-22-18)15-9-5-6-10-17(15)21/h3-12H,1-2H3. The highest BCUT2D eigenvalue weighted by molar-refractivity contribution is 6.33. The lowest BCUT2D eigenvalue weighted by molar-refractivity contribution is -0.133. The molecule has 0 spiro atoms. The molecule has 0 aliphatic carbocycles. The third kappa shape index (κ3) is 3.48. The van der Waals surface area contributed by atoms with E-state index in [4.69, 9.17) is 25.6 Å². The predicted octanol–water partition coefficient (Wildman–Crippen LogP) is 4.82. The maximum atomic E-state index is 12.1. The summed E-state index contributed by atoms with van der Waals surface area (Å²) in [5, 5.41) is 4.71. The Morgan fingerprint density at radius 3 is 2.46 bits per heavy atom. The third-order valence-electron chi connectivity index (χ3n) is 3.78. The molecule has 6 heteroatoms. The number of aromatic nitrogens is 1. The number of esters is 1. The van der Waals surface area contributed by atoms with E-state index in [9.17, 15) is 4.79 Å². The minimum atomic E-state index is -0.505. The van der Waals surface area contributed by atoms with Crippen LogP contribution in [0.2, 0.25) is 5.02 Å². The fourth-order valence-electron chi connectivity index (χ4n) is 2.58. The van der Waals surface area contributed by atoms with E-state index in [1.165, 1.54) is 20.5 Å². The normalized spacial score (nSPS) is 11.3. The molecular weight excluding hydrogens is 354 g/mol. The molecule has 0 atom stereocenters. The van der Waals surface area contributed by atoms with E-state index in [1.807, 2.05) is 36.4 Å². The highest BCUT2D eigenvalue weighted by Gasteiger charge is 2.20. The van der Waals surface area contributed by atoms with Crippen molar-refractivity contribution in [3.8, 4) is 22.6 Å². The second-order valence-corrected chi connectivity index (χ2v) is 5.77. The van der Waals surface area contributed by atoms with Gasteiger partial charge < -0.3 is 14.0 Å². The minimum Gasteiger partial charge on any atom is -0.503 e. The van der Waals surface area contributed by atoms with Crippen molar-refractivity contribution in [2.75, 3.05) is 14.2 Å². The van der Waals surface area contributed by atoms with Crippen LogP contribution in [0.5, 0.6) is 0 Å². The van der Waals surface area contributed by atoms with E-state index in [0.29, 0.717) is 27.6 Å². The van der Waals surface area contributed by atoms with Crippen molar-refractivity contribution < 1.29 is 18.8 Å². The first kappa shape index (κ1) is 17.8. The van der Waals surface area contributed by atoms with E-state index in [-0.39, 0.29) is 5.57 Å². The fraction of sp³-hybridized carbons (Fsp3) is 0.100. The SMILES string of the molecule is COC=C(C(=O)OC)c1ccccc1-c1cc(-c2ccccc2Cl)on1. The number of benzene rings is 2. The van der Waals surface area contributed by atoms with Gasteiger partial charge in [-0.1, -0.05) is 53.2 Å². The van der Waals surface area contributed by atoms with Crippen molar-refractivity contribution in [3.05, 3.63) is 71.4 Å². The summed E-state index contributed by atoms with van der Waals surface area (Å²) in [4.78, 5) is 12.1. The molecule has 0 amide bonds. The maximum absolute atomic E-state index is 12.1. The molecule has 3 aromatic rings. The van der Waals surface area contributed by atoms with Crippen LogP contribution < -0.4 is 0 Å². The fourth-order valence-corrected chi connectivity index (χ4v) is 2.81. The Morgan fingerprint density at radius 1 is 1.08 bits per heavy atom. The quantitative estimate of drug-likeness (QED) is 0.366. The number of carbonyl (C=O) groups excluding carboxylic acids is 1. The maximum Gasteiger partial charge on any atom is 0.341 e. The Hall–Kier alpha value is -3.05. The number of halogens is 1. The van der Waals surface area contributed by atoms with Crippen molar-refractivity contribution >= 4 is 23.1 Å². The van der Waals surface area contributed by atoms with Crippen LogP contribution in [0.4, 0.5) is 0 Å². The molecular formula is C20H16ClNO4. The molecule has 0 aliphatic heterocycles. The first-order valence-corrected chi connectivity index (χ1v) is 8.16. The highest BCUT2D eigenvalue weighted by Crippen LogP contribution is 2.34. The summed E-state index contributed by atoms with van der Waals surface area (Å²) in [5.74, 6) is 0.0323. The van der Waals surface area contributed by atoms with Crippen LogP contribution in [0, 0.1) is 0 Å². The first-order chi connectivity index (χ1) is 12.7. The number of hydrogen-bond donors (Lipinski definition) is 0. The minimum absolute atomic E-state index is 0.285. The van der Waals surface area contributed by atoms with Gasteiger partial charge in [0.2, 0.25) is 0 Å². The van der Waals surface area contributed by atoms with Crippen molar-refractivity contribution in [1.82, 2.24) is 5.16 Å². The molecule has 1 aromatic heterocycles. The Kier molecular flexibility index (Phi) is 5.39. The lowest BCUT2D eigenvalue weighted by atomic mass is 9.98. The van der Waals surface area contributed by atoms with Crippen LogP contribution in [0.3, 0.4) is 0 Å². The summed E-state index contributed by atoms with van der Waals surface area (Å²) < 4.78 is 15.4. The van der Waals surface area contributed by atoms with Crippen LogP contribution in [0.25, 0.3) is 28.2 Å². The van der Waals surface area contributed by atoms with E-state index in [2.05, 4.69) is 5.16 Å². The largest absolute Gasteiger partial charge is 0.503 e. The molecule has 0 bridgehead atoms. The van der Waals surface area contributed by atoms with Crippen molar-refractivity contribution in [2.45, 2.75) is 0 Å². The third-order valence-corrected chi connectivity index (χ3v) is 4.11. The number of rotatable bonds is 5. The molecule has 26 heavy (non-hydrogen) atoms. The summed E-state index contributed by atoms with van der Waals surface area (Å²) in [7, 11) is 2.79. The van der Waals surface area contributed by atoms with Gasteiger partial charge in [-0.2, -0.15) is 0 Å². The summed E-state index contributed by atoms with van der Waals surface area (Å²) in [5.41, 5.74) is 2.93. The smallest absolute Gasteiger partial charge is 0.341 e. The first-order valence-electron chi connectivity index (χ1n) is 7.78. The van der Waals surface area contributed by atoms with Crippen molar-refractivity contribution in [2.24, 2.45) is 0 Å². The lowest BCUT2D eigenvalue weighted by Gasteiger charge is -2.09. The van der Waals surface area contributed by atoms with Crippen LogP contribution >= 0.6 is 11.6 Å².